The van der Waals surface area contributed by atoms with Crippen molar-refractivity contribution in [2.75, 3.05) is 11.9 Å². The summed E-state index contributed by atoms with van der Waals surface area (Å²) >= 11 is 0. The number of carboxylic acid groups (broad SMARTS) is 1. The van der Waals surface area contributed by atoms with Gasteiger partial charge in [-0.05, 0) is 25.0 Å². The first kappa shape index (κ1) is 12.8. The second kappa shape index (κ2) is 4.92. The molecule has 0 amide bonds. The molecule has 0 unspecified atom stereocenters. The number of hydrogen-bond donors (Lipinski definition) is 1. The summed E-state index contributed by atoms with van der Waals surface area (Å²) in [6.45, 7) is 0. The maximum Gasteiger partial charge on any atom is 0.335 e. The molecule has 5 heteroatoms. The van der Waals surface area contributed by atoms with Gasteiger partial charge in [-0.25, -0.2) is 13.6 Å². The van der Waals surface area contributed by atoms with E-state index in [1.54, 1.807) is 11.9 Å². The van der Waals surface area contributed by atoms with Crippen LogP contribution in [0.5, 0.6) is 0 Å². The molecule has 1 N–H and O–H groups in total. The molecule has 0 bridgehead atoms. The van der Waals surface area contributed by atoms with Crippen LogP contribution in [-0.2, 0) is 0 Å². The van der Waals surface area contributed by atoms with E-state index in [-0.39, 0.29) is 17.3 Å². The maximum absolute atomic E-state index is 13.8. The molecule has 2 rings (SSSR count). The van der Waals surface area contributed by atoms with Crippen LogP contribution < -0.4 is 4.90 Å². The monoisotopic (exact) mass is 255 g/mol. The minimum atomic E-state index is -1.33. The van der Waals surface area contributed by atoms with Gasteiger partial charge in [0.05, 0.1) is 5.56 Å². The number of hydrogen-bond acceptors (Lipinski definition) is 2. The number of rotatable bonds is 3. The van der Waals surface area contributed by atoms with Crippen LogP contribution in [0.25, 0.3) is 0 Å². The molecule has 0 spiro atoms. The van der Waals surface area contributed by atoms with Gasteiger partial charge in [-0.15, -0.1) is 0 Å². The van der Waals surface area contributed by atoms with E-state index in [9.17, 15) is 13.6 Å². The van der Waals surface area contributed by atoms with Gasteiger partial charge < -0.3 is 10.0 Å². The zero-order chi connectivity index (χ0) is 13.3. The molecule has 0 aromatic heterocycles. The summed E-state index contributed by atoms with van der Waals surface area (Å²) in [5.74, 6) is -2.97. The zero-order valence-corrected chi connectivity index (χ0v) is 10.1. The standard InChI is InChI=1S/C13H15F2NO2/c1-16(9-4-2-3-5-9)12-10(14)6-8(13(17)18)7-11(12)15/h6-7,9H,2-5H2,1H3,(H,17,18). The van der Waals surface area contributed by atoms with Crippen molar-refractivity contribution in [3.05, 3.63) is 29.3 Å². The number of halogens is 2. The molecule has 1 saturated carbocycles. The second-order valence-electron chi connectivity index (χ2n) is 4.64. The third kappa shape index (κ3) is 2.30. The molecule has 0 atom stereocenters. The summed E-state index contributed by atoms with van der Waals surface area (Å²) < 4.78 is 27.7. The van der Waals surface area contributed by atoms with Crippen LogP contribution in [-0.4, -0.2) is 24.2 Å². The second-order valence-corrected chi connectivity index (χ2v) is 4.64. The average molecular weight is 255 g/mol. The van der Waals surface area contributed by atoms with Crippen molar-refractivity contribution >= 4 is 11.7 Å². The van der Waals surface area contributed by atoms with Crippen LogP contribution >= 0.6 is 0 Å². The van der Waals surface area contributed by atoms with E-state index in [1.165, 1.54) is 0 Å². The maximum atomic E-state index is 13.8. The van der Waals surface area contributed by atoms with Gasteiger partial charge in [0.25, 0.3) is 0 Å². The van der Waals surface area contributed by atoms with Crippen molar-refractivity contribution in [2.45, 2.75) is 31.7 Å². The first-order chi connectivity index (χ1) is 8.50. The van der Waals surface area contributed by atoms with Crippen molar-refractivity contribution < 1.29 is 18.7 Å². The molecule has 1 fully saturated rings. The van der Waals surface area contributed by atoms with Gasteiger partial charge in [0.15, 0.2) is 0 Å². The summed E-state index contributed by atoms with van der Waals surface area (Å²) in [6.07, 6.45) is 3.95. The first-order valence-corrected chi connectivity index (χ1v) is 5.96. The Hall–Kier alpha value is -1.65. The lowest BCUT2D eigenvalue weighted by molar-refractivity contribution is 0.0696. The summed E-state index contributed by atoms with van der Waals surface area (Å²) in [5.41, 5.74) is -0.500. The van der Waals surface area contributed by atoms with Gasteiger partial charge in [0.2, 0.25) is 0 Å². The van der Waals surface area contributed by atoms with Gasteiger partial charge in [-0.3, -0.25) is 0 Å². The fourth-order valence-electron chi connectivity index (χ4n) is 2.50. The smallest absolute Gasteiger partial charge is 0.335 e. The highest BCUT2D eigenvalue weighted by Gasteiger charge is 2.25. The van der Waals surface area contributed by atoms with Crippen LogP contribution in [0.3, 0.4) is 0 Å². The molecule has 0 saturated heterocycles. The Morgan fingerprint density at radius 3 is 2.22 bits per heavy atom. The molecular weight excluding hydrogens is 240 g/mol. The Labute approximate surface area is 104 Å². The molecule has 18 heavy (non-hydrogen) atoms. The fraction of sp³-hybridized carbons (Fsp3) is 0.462. The van der Waals surface area contributed by atoms with Gasteiger partial charge in [0, 0.05) is 13.1 Å². The Balaban J connectivity index is 2.35. The van der Waals surface area contributed by atoms with Gasteiger partial charge in [0.1, 0.15) is 17.3 Å². The topological polar surface area (TPSA) is 40.5 Å². The van der Waals surface area contributed by atoms with Gasteiger partial charge in [-0.2, -0.15) is 0 Å². The molecule has 0 aliphatic heterocycles. The lowest BCUT2D eigenvalue weighted by Gasteiger charge is -2.27. The minimum Gasteiger partial charge on any atom is -0.478 e. The van der Waals surface area contributed by atoms with E-state index >= 15 is 0 Å². The molecule has 1 aliphatic rings. The average Bonchev–Trinajstić information content (AvgIpc) is 2.80. The predicted octanol–water partition coefficient (Wildman–Crippen LogP) is 3.04. The number of carboxylic acids is 1. The Bertz CT molecular complexity index is 447. The molecule has 1 aromatic carbocycles. The van der Waals surface area contributed by atoms with E-state index in [4.69, 9.17) is 5.11 Å². The number of anilines is 1. The molecule has 0 heterocycles. The number of benzene rings is 1. The van der Waals surface area contributed by atoms with E-state index < -0.39 is 17.6 Å². The van der Waals surface area contributed by atoms with Crippen LogP contribution in [0.2, 0.25) is 0 Å². The SMILES string of the molecule is CN(c1c(F)cc(C(=O)O)cc1F)C1CCCC1. The first-order valence-electron chi connectivity index (χ1n) is 5.96. The zero-order valence-electron chi connectivity index (χ0n) is 10.1. The van der Waals surface area contributed by atoms with Crippen molar-refractivity contribution in [1.29, 1.82) is 0 Å². The normalized spacial score (nSPS) is 15.9. The third-order valence-corrected chi connectivity index (χ3v) is 3.49. The number of nitrogens with zero attached hydrogens (tertiary/aromatic N) is 1. The summed E-state index contributed by atoms with van der Waals surface area (Å²) in [5, 5.41) is 8.73. The van der Waals surface area contributed by atoms with E-state index in [2.05, 4.69) is 0 Å². The molecular formula is C13H15F2NO2. The summed E-state index contributed by atoms with van der Waals surface area (Å²) in [4.78, 5) is 12.3. The van der Waals surface area contributed by atoms with Crippen LogP contribution in [0.15, 0.2) is 12.1 Å². The molecule has 3 nitrogen and oxygen atoms in total. The number of aromatic carboxylic acids is 1. The molecule has 98 valence electrons. The van der Waals surface area contributed by atoms with Crippen molar-refractivity contribution in [3.63, 3.8) is 0 Å². The highest BCUT2D eigenvalue weighted by Crippen LogP contribution is 2.31. The van der Waals surface area contributed by atoms with Crippen LogP contribution in [0.1, 0.15) is 36.0 Å². The summed E-state index contributed by atoms with van der Waals surface area (Å²) in [6, 6.07) is 1.86. The Morgan fingerprint density at radius 2 is 1.78 bits per heavy atom. The fourth-order valence-corrected chi connectivity index (χ4v) is 2.50. The Morgan fingerprint density at radius 1 is 1.28 bits per heavy atom. The molecule has 0 radical (unpaired) electrons. The van der Waals surface area contributed by atoms with Gasteiger partial charge in [-0.1, -0.05) is 12.8 Å². The van der Waals surface area contributed by atoms with Crippen LogP contribution in [0.4, 0.5) is 14.5 Å². The van der Waals surface area contributed by atoms with Crippen molar-refractivity contribution in [3.8, 4) is 0 Å². The minimum absolute atomic E-state index is 0.129. The highest BCUT2D eigenvalue weighted by atomic mass is 19.1. The third-order valence-electron chi connectivity index (χ3n) is 3.49. The molecule has 1 aliphatic carbocycles. The lowest BCUT2D eigenvalue weighted by atomic mass is 10.1. The summed E-state index contributed by atoms with van der Waals surface area (Å²) in [7, 11) is 1.65. The van der Waals surface area contributed by atoms with Crippen LogP contribution in [0, 0.1) is 11.6 Å². The number of carbonyl (C=O) groups is 1. The van der Waals surface area contributed by atoms with E-state index in [0.717, 1.165) is 37.8 Å². The largest absolute Gasteiger partial charge is 0.478 e. The van der Waals surface area contributed by atoms with Gasteiger partial charge >= 0.3 is 5.97 Å². The van der Waals surface area contributed by atoms with E-state index in [1.807, 2.05) is 0 Å². The Kier molecular flexibility index (Phi) is 3.50. The van der Waals surface area contributed by atoms with Crippen molar-refractivity contribution in [1.82, 2.24) is 0 Å². The quantitative estimate of drug-likeness (QED) is 0.902. The molecule has 1 aromatic rings. The lowest BCUT2D eigenvalue weighted by Crippen LogP contribution is -2.30. The van der Waals surface area contributed by atoms with E-state index in [0.29, 0.717) is 0 Å². The highest BCUT2D eigenvalue weighted by molar-refractivity contribution is 5.88. The predicted molar refractivity (Wildman–Crippen MR) is 64.0 cm³/mol. The van der Waals surface area contributed by atoms with Crippen molar-refractivity contribution in [2.24, 2.45) is 0 Å².